The van der Waals surface area contributed by atoms with Gasteiger partial charge in [-0.05, 0) is 186 Å². The second kappa shape index (κ2) is 54.9. The summed E-state index contributed by atoms with van der Waals surface area (Å²) in [6.45, 7) is 3.05. The van der Waals surface area contributed by atoms with E-state index in [9.17, 15) is 38.4 Å². The van der Waals surface area contributed by atoms with Crippen LogP contribution in [0.4, 0.5) is 47.6 Å². The van der Waals surface area contributed by atoms with Crippen molar-refractivity contribution >= 4 is 110 Å². The maximum atomic E-state index is 12.8. The van der Waals surface area contributed by atoms with Crippen molar-refractivity contribution in [2.45, 2.75) is 103 Å². The van der Waals surface area contributed by atoms with Gasteiger partial charge < -0.3 is 73.6 Å². The summed E-state index contributed by atoms with van der Waals surface area (Å²) < 4.78 is 12.2. The molecule has 0 aliphatic heterocycles. The Hall–Kier alpha value is -6.02. The molecule has 96 heavy (non-hydrogen) atoms. The van der Waals surface area contributed by atoms with Gasteiger partial charge in [-0.25, -0.2) is 19.2 Å². The number of carbonyl (C=O) groups is 8. The summed E-state index contributed by atoms with van der Waals surface area (Å²) >= 11 is 0. The van der Waals surface area contributed by atoms with Crippen molar-refractivity contribution < 1.29 is 121 Å². The van der Waals surface area contributed by atoms with E-state index in [0.29, 0.717) is 103 Å². The van der Waals surface area contributed by atoms with E-state index >= 15 is 0 Å². The predicted octanol–water partition coefficient (Wildman–Crippen LogP) is 10.3. The van der Waals surface area contributed by atoms with Crippen LogP contribution < -0.4 is 53.2 Å². The van der Waals surface area contributed by atoms with E-state index in [4.69, 9.17) is 23.0 Å². The quantitative estimate of drug-likeness (QED) is 0.00756. The Morgan fingerprint density at radius 3 is 0.990 bits per heavy atom. The number of carbonyl (C=O) groups excluding carboxylic acids is 8. The first-order valence-corrected chi connectivity index (χ1v) is 34.2. The Bertz CT molecular complexity index is 3030. The number of aliphatic hydroxyl groups excluding tert-OH is 4. The third-order valence-corrected chi connectivity index (χ3v) is 13.9. The minimum Gasteiger partial charge on any atom is -0.396 e. The number of aryl methyl sites for hydroxylation is 1. The molecule has 22 nitrogen and oxygen atoms in total. The van der Waals surface area contributed by atoms with Gasteiger partial charge in [0.05, 0.1) is 1.28 Å². The number of nitrogens with one attached hydrogen (secondary N) is 10. The minimum atomic E-state index is -0.331. The Balaban J connectivity index is 0.000000890. The predicted molar refractivity (Wildman–Crippen MR) is 387 cm³/mol. The van der Waals surface area contributed by atoms with Crippen LogP contribution in [-0.2, 0) is 19.4 Å². The van der Waals surface area contributed by atoms with Gasteiger partial charge in [-0.2, -0.15) is 9.12 Å². The van der Waals surface area contributed by atoms with Gasteiger partial charge in [0.1, 0.15) is 7.53 Å². The van der Waals surface area contributed by atoms with E-state index in [1.807, 2.05) is 24.3 Å². The molecule has 1 radical (unpaired) electrons. The van der Waals surface area contributed by atoms with E-state index in [2.05, 4.69) is 71.2 Å². The van der Waals surface area contributed by atoms with Gasteiger partial charge in [-0.1, -0.05) is 60.7 Å². The van der Waals surface area contributed by atoms with Crippen molar-refractivity contribution in [2.75, 3.05) is 79.2 Å². The number of unbranched alkanes of at least 4 members (excludes halogenated alkanes) is 8. The molecule has 3 atom stereocenters. The van der Waals surface area contributed by atoms with Crippen LogP contribution in [0.25, 0.3) is 0 Å². The zero-order valence-corrected chi connectivity index (χ0v) is 65.8. The minimum absolute atomic E-state index is 0. The smallest absolute Gasteiger partial charge is 0.319 e. The van der Waals surface area contributed by atoms with Gasteiger partial charge in [0.25, 0.3) is 11.8 Å². The zero-order chi connectivity index (χ0) is 70.0. The molecule has 0 fully saturated rings. The Morgan fingerprint density at radius 1 is 0.365 bits per heavy atom. The number of ketones is 2. The standard InChI is InChI=1S/C35H45N5O6.C33H41N5O6.BH3P.H4P2.2U/c41-23-5-1-3-21-36-34(45)39-30-16-7-26(8-17-30)11-20-32(43)28-12-14-29(15-13-28)33(44)38-25-27-9-18-31(19-10-27)40-35(46)37-22-4-2-6-24-42;39-21-5-1-3-19-34-32(43)37-28-13-7-24(8-14-28)23-30(41)25-9-11-26(12-10-25)31(42)36-27-15-17-29(18-16-27)38-33(44)35-20-4-2-6-22-40;2*1-2;;/h7-10,12-19,41-42H,1-6,11,20-25H2,(H,38,44)(H2,36,39,45)(H2,37,40,46);7-18,39-40H,1-6,19-23H2,(H,36,42)(H2,34,37,43)(H2,35,38,44);1H,2H2;1-2H2;;/i;;2*1T;;. The summed E-state index contributed by atoms with van der Waals surface area (Å²) in [7, 11) is 5.81. The van der Waals surface area contributed by atoms with Crippen molar-refractivity contribution in [1.29, 1.82) is 2.61 Å². The van der Waals surface area contributed by atoms with Crippen molar-refractivity contribution in [1.82, 2.24) is 26.6 Å². The number of hydrogen-bond acceptors (Lipinski definition) is 12. The van der Waals surface area contributed by atoms with E-state index in [-0.39, 0.29) is 151 Å². The molecule has 6 aromatic rings. The van der Waals surface area contributed by atoms with Gasteiger partial charge in [0.15, 0.2) is 11.6 Å². The van der Waals surface area contributed by atoms with Crippen LogP contribution in [0.5, 0.6) is 0 Å². The van der Waals surface area contributed by atoms with Crippen LogP contribution in [-0.4, -0.2) is 131 Å². The Morgan fingerprint density at radius 2 is 0.646 bits per heavy atom. The normalized spacial score (nSPS) is 10.4. The maximum Gasteiger partial charge on any atom is 0.319 e. The number of anilines is 5. The summed E-state index contributed by atoms with van der Waals surface area (Å²) in [5, 5.41) is 63.0. The zero-order valence-electron chi connectivity index (χ0n) is 56.1. The van der Waals surface area contributed by atoms with Crippen molar-refractivity contribution in [3.8, 4) is 0 Å². The first-order chi connectivity index (χ1) is 46.6. The average Bonchev–Trinajstić information content (AvgIpc) is 0.870. The number of Topliss-reactive ketones (excluding diaryl/α,β-unsaturated/α-hetero) is 2. The van der Waals surface area contributed by atoms with Gasteiger partial charge in [-0.15, -0.1) is 17.8 Å². The fourth-order valence-electron chi connectivity index (χ4n) is 8.76. The maximum absolute atomic E-state index is 12.8. The molecule has 14 N–H and O–H groups in total. The third-order valence-electron chi connectivity index (χ3n) is 13.9. The molecule has 0 heterocycles. The van der Waals surface area contributed by atoms with Gasteiger partial charge in [0, 0.05) is 185 Å². The van der Waals surface area contributed by atoms with Crippen LogP contribution in [0.3, 0.4) is 0 Å². The Kier molecular flexibility index (Phi) is 48.2. The second-order valence-corrected chi connectivity index (χ2v) is 21.1. The van der Waals surface area contributed by atoms with Crippen LogP contribution >= 0.6 is 26.9 Å². The fraction of sp³-hybridized carbons (Fsp3) is 0.353. The second-order valence-electron chi connectivity index (χ2n) is 21.1. The Labute approximate surface area is 622 Å². The summed E-state index contributed by atoms with van der Waals surface area (Å²) in [4.78, 5) is 98.9. The van der Waals surface area contributed by atoms with Crippen molar-refractivity contribution in [2.24, 2.45) is 0 Å². The molecule has 10 amide bonds. The average molecular weight is 1830 g/mol. The molecule has 513 valence electrons. The molecule has 0 bridgehead atoms. The van der Waals surface area contributed by atoms with Gasteiger partial charge in [0.2, 0.25) is 0 Å². The number of urea groups is 4. The van der Waals surface area contributed by atoms with Crippen molar-refractivity contribution in [3.63, 3.8) is 0 Å². The number of aliphatic hydroxyl groups is 4. The summed E-state index contributed by atoms with van der Waals surface area (Å²) in [6.07, 6.45) is 10.5. The molecule has 0 aromatic heterocycles. The molecular weight excluding hydrogens is 1730 g/mol. The molecule has 3 unspecified atom stereocenters. The summed E-state index contributed by atoms with van der Waals surface area (Å²) in [6, 6.07) is 40.1. The molecule has 6 aromatic carbocycles. The molecular formula is C68H93BN10O12P3U2. The largest absolute Gasteiger partial charge is 0.396 e. The molecule has 0 aliphatic carbocycles. The van der Waals surface area contributed by atoms with E-state index < -0.39 is 0 Å². The SMILES string of the molecule is O=C(NCCCCCO)Nc1ccc(CC(=O)c2ccc(C(=O)Nc3ccc(NC(=O)NCCCCCO)cc3)cc2)cc1.O=C(NCCCCCO)Nc1ccc(CCC(=O)c2ccc(C(=O)NCc3ccc(NC(=O)NCCCCCO)cc3)cc2)cc1.[3H]PP.[3H][B]P.[U].[U]. The summed E-state index contributed by atoms with van der Waals surface area (Å²) in [5.74, 6) is -0.720. The molecule has 28 heteroatoms. The monoisotopic (exact) mass is 1830 g/mol. The first kappa shape index (κ1) is 84.2. The molecule has 0 saturated heterocycles. The fourth-order valence-corrected chi connectivity index (χ4v) is 8.76. The van der Waals surface area contributed by atoms with E-state index in [0.717, 1.165) is 87.3 Å². The number of rotatable bonds is 36. The van der Waals surface area contributed by atoms with E-state index in [1.165, 1.54) is 7.53 Å². The van der Waals surface area contributed by atoms with E-state index in [1.54, 1.807) is 121 Å². The number of benzene rings is 6. The van der Waals surface area contributed by atoms with Gasteiger partial charge >= 0.3 is 24.1 Å². The van der Waals surface area contributed by atoms with Crippen LogP contribution in [0.2, 0.25) is 0 Å². The van der Waals surface area contributed by atoms with Crippen LogP contribution in [0.1, 0.15) is 142 Å². The summed E-state index contributed by atoms with van der Waals surface area (Å²) in [5.41, 5.74) is 7.52. The topological polar surface area (TPSA) is 338 Å². The number of hydrogen-bond donors (Lipinski definition) is 14. The van der Waals surface area contributed by atoms with Crippen LogP contribution in [0.15, 0.2) is 146 Å². The first-order valence-electron chi connectivity index (χ1n) is 32.3. The molecule has 0 spiro atoms. The molecule has 0 aliphatic rings. The van der Waals surface area contributed by atoms with Crippen LogP contribution in [0, 0.1) is 62.2 Å². The molecule has 0 saturated carbocycles. The molecule has 6 rings (SSSR count). The van der Waals surface area contributed by atoms with Gasteiger partial charge in [-0.3, -0.25) is 19.2 Å². The number of amides is 10. The van der Waals surface area contributed by atoms with Crippen molar-refractivity contribution in [3.05, 3.63) is 185 Å². The third kappa shape index (κ3) is 38.2.